The van der Waals surface area contributed by atoms with E-state index in [0.29, 0.717) is 22.5 Å². The zero-order valence-electron chi connectivity index (χ0n) is 10.5. The van der Waals surface area contributed by atoms with E-state index in [9.17, 15) is 8.42 Å². The Bertz CT molecular complexity index is 543. The molecule has 0 bridgehead atoms. The molecule has 7 heteroatoms. The van der Waals surface area contributed by atoms with Crippen LogP contribution in [-0.2, 0) is 10.0 Å². The lowest BCUT2D eigenvalue weighted by molar-refractivity contribution is 0.327. The van der Waals surface area contributed by atoms with Crippen LogP contribution in [0.15, 0.2) is 23.1 Å². The summed E-state index contributed by atoms with van der Waals surface area (Å²) in [7, 11) is -3.60. The molecule has 2 atom stereocenters. The summed E-state index contributed by atoms with van der Waals surface area (Å²) in [5, 5.41) is 3.80. The Morgan fingerprint density at radius 3 is 2.47 bits per heavy atom. The van der Waals surface area contributed by atoms with Gasteiger partial charge in [0.25, 0.3) is 0 Å². The van der Waals surface area contributed by atoms with Gasteiger partial charge >= 0.3 is 0 Å². The highest BCUT2D eigenvalue weighted by Gasteiger charge is 2.26. The molecule has 2 N–H and O–H groups in total. The van der Waals surface area contributed by atoms with Gasteiger partial charge in [-0.3, -0.25) is 0 Å². The van der Waals surface area contributed by atoms with E-state index < -0.39 is 10.0 Å². The highest BCUT2D eigenvalue weighted by atomic mass is 35.5. The third-order valence-corrected chi connectivity index (χ3v) is 5.19. The van der Waals surface area contributed by atoms with Gasteiger partial charge in [0, 0.05) is 22.6 Å². The molecule has 0 spiro atoms. The molecule has 1 aliphatic rings. The molecule has 1 heterocycles. The highest BCUT2D eigenvalue weighted by Crippen LogP contribution is 2.23. The van der Waals surface area contributed by atoms with Crippen LogP contribution in [-0.4, -0.2) is 27.5 Å². The number of halogens is 2. The standard InChI is InChI=1S/C12H16Cl2N2O2S/c1-8-2-3-15-7-12(8)16-19(17,18)11-5-9(13)4-10(14)6-11/h4-6,8,12,15-16H,2-3,7H2,1H3. The van der Waals surface area contributed by atoms with E-state index >= 15 is 0 Å². The average Bonchev–Trinajstić information content (AvgIpc) is 2.31. The molecule has 2 rings (SSSR count). The lowest BCUT2D eigenvalue weighted by Crippen LogP contribution is -2.50. The summed E-state index contributed by atoms with van der Waals surface area (Å²) in [6, 6.07) is 4.19. The third kappa shape index (κ3) is 3.83. The van der Waals surface area contributed by atoms with Gasteiger partial charge in [-0.05, 0) is 37.1 Å². The molecule has 1 aromatic rings. The molecule has 0 saturated carbocycles. The number of benzene rings is 1. The third-order valence-electron chi connectivity index (χ3n) is 3.28. The number of hydrogen-bond donors (Lipinski definition) is 2. The summed E-state index contributed by atoms with van der Waals surface area (Å²) in [4.78, 5) is 0.0998. The monoisotopic (exact) mass is 322 g/mol. The van der Waals surface area contributed by atoms with Crippen LogP contribution in [0.3, 0.4) is 0 Å². The summed E-state index contributed by atoms with van der Waals surface area (Å²) in [6.45, 7) is 3.59. The van der Waals surface area contributed by atoms with Crippen LogP contribution >= 0.6 is 23.2 Å². The molecule has 1 aliphatic heterocycles. The summed E-state index contributed by atoms with van der Waals surface area (Å²) in [6.07, 6.45) is 0.948. The molecule has 1 aromatic carbocycles. The number of piperidine rings is 1. The van der Waals surface area contributed by atoms with Crippen LogP contribution in [0, 0.1) is 5.92 Å². The van der Waals surface area contributed by atoms with Crippen molar-refractivity contribution >= 4 is 33.2 Å². The first-order valence-corrected chi connectivity index (χ1v) is 8.31. The predicted molar refractivity (Wildman–Crippen MR) is 77.2 cm³/mol. The van der Waals surface area contributed by atoms with Crippen molar-refractivity contribution in [1.29, 1.82) is 0 Å². The molecule has 0 amide bonds. The van der Waals surface area contributed by atoms with Crippen LogP contribution in [0.2, 0.25) is 10.0 Å². The Morgan fingerprint density at radius 2 is 1.89 bits per heavy atom. The molecule has 106 valence electrons. The van der Waals surface area contributed by atoms with Crippen LogP contribution in [0.25, 0.3) is 0 Å². The second kappa shape index (κ2) is 5.97. The number of rotatable bonds is 3. The molecule has 2 unspecified atom stereocenters. The van der Waals surface area contributed by atoms with Crippen LogP contribution in [0.4, 0.5) is 0 Å². The van der Waals surface area contributed by atoms with E-state index in [-0.39, 0.29) is 10.9 Å². The predicted octanol–water partition coefficient (Wildman–Crippen LogP) is 2.27. The van der Waals surface area contributed by atoms with Gasteiger partial charge in [-0.25, -0.2) is 13.1 Å². The second-order valence-electron chi connectivity index (χ2n) is 4.80. The number of sulfonamides is 1. The number of hydrogen-bond acceptors (Lipinski definition) is 3. The quantitative estimate of drug-likeness (QED) is 0.897. The Morgan fingerprint density at radius 1 is 1.26 bits per heavy atom. The molecular weight excluding hydrogens is 307 g/mol. The normalized spacial score (nSPS) is 24.4. The zero-order chi connectivity index (χ0) is 14.0. The maximum atomic E-state index is 12.3. The summed E-state index contributed by atoms with van der Waals surface area (Å²) in [5.41, 5.74) is 0. The average molecular weight is 323 g/mol. The van der Waals surface area contributed by atoms with Gasteiger partial charge in [0.1, 0.15) is 0 Å². The zero-order valence-corrected chi connectivity index (χ0v) is 12.8. The van der Waals surface area contributed by atoms with E-state index in [0.717, 1.165) is 13.0 Å². The minimum Gasteiger partial charge on any atom is -0.315 e. The molecular formula is C12H16Cl2N2O2S. The minimum atomic E-state index is -3.60. The van der Waals surface area contributed by atoms with Gasteiger partial charge in [-0.15, -0.1) is 0 Å². The highest BCUT2D eigenvalue weighted by molar-refractivity contribution is 7.89. The van der Waals surface area contributed by atoms with Crippen molar-refractivity contribution in [2.75, 3.05) is 13.1 Å². The van der Waals surface area contributed by atoms with Crippen LogP contribution < -0.4 is 10.0 Å². The van der Waals surface area contributed by atoms with Gasteiger partial charge in [0.05, 0.1) is 4.90 Å². The Kier molecular flexibility index (Phi) is 4.74. The fourth-order valence-corrected chi connectivity index (χ4v) is 4.17. The van der Waals surface area contributed by atoms with Gasteiger partial charge in [0.15, 0.2) is 0 Å². The van der Waals surface area contributed by atoms with E-state index in [2.05, 4.69) is 10.0 Å². The van der Waals surface area contributed by atoms with Crippen molar-refractivity contribution < 1.29 is 8.42 Å². The fourth-order valence-electron chi connectivity index (χ4n) is 2.10. The van der Waals surface area contributed by atoms with Gasteiger partial charge < -0.3 is 5.32 Å². The Balaban J connectivity index is 2.22. The maximum absolute atomic E-state index is 12.3. The van der Waals surface area contributed by atoms with Gasteiger partial charge in [0.2, 0.25) is 10.0 Å². The van der Waals surface area contributed by atoms with E-state index in [4.69, 9.17) is 23.2 Å². The molecule has 4 nitrogen and oxygen atoms in total. The summed E-state index contributed by atoms with van der Waals surface area (Å²) >= 11 is 11.7. The van der Waals surface area contributed by atoms with Crippen molar-refractivity contribution in [3.05, 3.63) is 28.2 Å². The van der Waals surface area contributed by atoms with Crippen molar-refractivity contribution in [2.45, 2.75) is 24.3 Å². The van der Waals surface area contributed by atoms with E-state index in [1.165, 1.54) is 18.2 Å². The first-order chi connectivity index (χ1) is 8.88. The molecule has 0 aliphatic carbocycles. The van der Waals surface area contributed by atoms with Crippen molar-refractivity contribution in [1.82, 2.24) is 10.0 Å². The van der Waals surface area contributed by atoms with Crippen molar-refractivity contribution in [3.8, 4) is 0 Å². The van der Waals surface area contributed by atoms with E-state index in [1.807, 2.05) is 6.92 Å². The lowest BCUT2D eigenvalue weighted by Gasteiger charge is -2.30. The molecule has 1 fully saturated rings. The largest absolute Gasteiger partial charge is 0.315 e. The van der Waals surface area contributed by atoms with Crippen LogP contribution in [0.5, 0.6) is 0 Å². The van der Waals surface area contributed by atoms with Gasteiger partial charge in [-0.1, -0.05) is 30.1 Å². The molecule has 0 aromatic heterocycles. The maximum Gasteiger partial charge on any atom is 0.240 e. The second-order valence-corrected chi connectivity index (χ2v) is 7.39. The topological polar surface area (TPSA) is 58.2 Å². The molecule has 1 saturated heterocycles. The first-order valence-electron chi connectivity index (χ1n) is 6.07. The first kappa shape index (κ1) is 15.1. The molecule has 19 heavy (non-hydrogen) atoms. The number of nitrogens with one attached hydrogen (secondary N) is 2. The minimum absolute atomic E-state index is 0.0998. The van der Waals surface area contributed by atoms with Crippen LogP contribution in [0.1, 0.15) is 13.3 Å². The van der Waals surface area contributed by atoms with E-state index in [1.54, 1.807) is 0 Å². The fraction of sp³-hybridized carbons (Fsp3) is 0.500. The molecule has 0 radical (unpaired) electrons. The van der Waals surface area contributed by atoms with Gasteiger partial charge in [-0.2, -0.15) is 0 Å². The van der Waals surface area contributed by atoms with Crippen molar-refractivity contribution in [2.24, 2.45) is 5.92 Å². The smallest absolute Gasteiger partial charge is 0.240 e. The SMILES string of the molecule is CC1CCNCC1NS(=O)(=O)c1cc(Cl)cc(Cl)c1. The lowest BCUT2D eigenvalue weighted by atomic mass is 9.96. The summed E-state index contributed by atoms with van der Waals surface area (Å²) in [5.74, 6) is 0.297. The Labute approximate surface area is 123 Å². The summed E-state index contributed by atoms with van der Waals surface area (Å²) < 4.78 is 27.3. The van der Waals surface area contributed by atoms with Crippen molar-refractivity contribution in [3.63, 3.8) is 0 Å². The Hall–Kier alpha value is -0.330.